The average molecular weight is 240 g/mol. The average Bonchev–Trinajstić information content (AvgIpc) is 2.30. The molecule has 0 unspecified atom stereocenters. The highest BCUT2D eigenvalue weighted by atomic mass is 19.1. The SMILES string of the molecule is CCOCCNC(=O)Nc1ccc(C)c(F)c1. The minimum Gasteiger partial charge on any atom is -0.380 e. The summed E-state index contributed by atoms with van der Waals surface area (Å²) in [6.45, 7) is 5.06. The maximum atomic E-state index is 13.2. The van der Waals surface area contributed by atoms with E-state index >= 15 is 0 Å². The molecule has 0 radical (unpaired) electrons. The van der Waals surface area contributed by atoms with Crippen LogP contribution in [0.5, 0.6) is 0 Å². The number of carbonyl (C=O) groups is 1. The van der Waals surface area contributed by atoms with Gasteiger partial charge >= 0.3 is 6.03 Å². The summed E-state index contributed by atoms with van der Waals surface area (Å²) in [6, 6.07) is 4.19. The van der Waals surface area contributed by atoms with Gasteiger partial charge in [-0.25, -0.2) is 9.18 Å². The van der Waals surface area contributed by atoms with Crippen LogP contribution < -0.4 is 10.6 Å². The van der Waals surface area contributed by atoms with Crippen LogP contribution >= 0.6 is 0 Å². The number of halogens is 1. The number of hydrogen-bond donors (Lipinski definition) is 2. The Labute approximate surface area is 100 Å². The molecule has 1 rings (SSSR count). The smallest absolute Gasteiger partial charge is 0.319 e. The van der Waals surface area contributed by atoms with Crippen molar-refractivity contribution in [3.8, 4) is 0 Å². The standard InChI is InChI=1S/C12H17FN2O2/c1-3-17-7-6-14-12(16)15-10-5-4-9(2)11(13)8-10/h4-5,8H,3,6-7H2,1-2H3,(H2,14,15,16). The first kappa shape index (κ1) is 13.4. The first-order chi connectivity index (χ1) is 8.13. The normalized spacial score (nSPS) is 10.1. The van der Waals surface area contributed by atoms with Gasteiger partial charge in [0.25, 0.3) is 0 Å². The van der Waals surface area contributed by atoms with Crippen molar-refractivity contribution in [2.24, 2.45) is 0 Å². The quantitative estimate of drug-likeness (QED) is 0.776. The van der Waals surface area contributed by atoms with E-state index in [-0.39, 0.29) is 11.8 Å². The summed E-state index contributed by atoms with van der Waals surface area (Å²) >= 11 is 0. The number of aryl methyl sites for hydroxylation is 1. The highest BCUT2D eigenvalue weighted by molar-refractivity contribution is 5.89. The van der Waals surface area contributed by atoms with Crippen molar-refractivity contribution < 1.29 is 13.9 Å². The van der Waals surface area contributed by atoms with E-state index in [2.05, 4.69) is 10.6 Å². The van der Waals surface area contributed by atoms with Crippen molar-refractivity contribution in [3.63, 3.8) is 0 Å². The molecule has 0 aliphatic rings. The number of rotatable bonds is 5. The highest BCUT2D eigenvalue weighted by Crippen LogP contribution is 2.13. The zero-order chi connectivity index (χ0) is 12.7. The van der Waals surface area contributed by atoms with Gasteiger partial charge in [0.15, 0.2) is 0 Å². The number of nitrogens with one attached hydrogen (secondary N) is 2. The van der Waals surface area contributed by atoms with E-state index < -0.39 is 0 Å². The zero-order valence-corrected chi connectivity index (χ0v) is 10.0. The molecule has 0 aromatic heterocycles. The summed E-state index contributed by atoms with van der Waals surface area (Å²) in [4.78, 5) is 11.4. The predicted molar refractivity (Wildman–Crippen MR) is 64.7 cm³/mol. The zero-order valence-electron chi connectivity index (χ0n) is 10.0. The summed E-state index contributed by atoms with van der Waals surface area (Å²) in [6.07, 6.45) is 0. The van der Waals surface area contributed by atoms with E-state index in [1.165, 1.54) is 6.07 Å². The molecule has 4 nitrogen and oxygen atoms in total. The van der Waals surface area contributed by atoms with Gasteiger partial charge in [0.05, 0.1) is 6.61 Å². The van der Waals surface area contributed by atoms with Gasteiger partial charge in [-0.3, -0.25) is 0 Å². The third-order valence-corrected chi connectivity index (χ3v) is 2.17. The fourth-order valence-electron chi connectivity index (χ4n) is 1.23. The van der Waals surface area contributed by atoms with Crippen LogP contribution in [0.1, 0.15) is 12.5 Å². The fourth-order valence-corrected chi connectivity index (χ4v) is 1.23. The molecule has 2 N–H and O–H groups in total. The topological polar surface area (TPSA) is 50.4 Å². The number of hydrogen-bond acceptors (Lipinski definition) is 2. The van der Waals surface area contributed by atoms with E-state index in [4.69, 9.17) is 4.74 Å². The predicted octanol–water partition coefficient (Wildman–Crippen LogP) is 2.29. The van der Waals surface area contributed by atoms with Crippen LogP contribution in [0.3, 0.4) is 0 Å². The Morgan fingerprint density at radius 3 is 2.88 bits per heavy atom. The molecule has 0 aliphatic carbocycles. The summed E-state index contributed by atoms with van der Waals surface area (Å²) in [7, 11) is 0. The van der Waals surface area contributed by atoms with Crippen LogP contribution in [-0.4, -0.2) is 25.8 Å². The molecular formula is C12H17FN2O2. The highest BCUT2D eigenvalue weighted by Gasteiger charge is 2.03. The molecule has 0 fully saturated rings. The number of carbonyl (C=O) groups excluding carboxylic acids is 1. The third kappa shape index (κ3) is 4.82. The lowest BCUT2D eigenvalue weighted by atomic mass is 10.2. The maximum Gasteiger partial charge on any atom is 0.319 e. The van der Waals surface area contributed by atoms with E-state index in [9.17, 15) is 9.18 Å². The number of urea groups is 1. The van der Waals surface area contributed by atoms with Gasteiger partial charge in [-0.1, -0.05) is 6.07 Å². The number of ether oxygens (including phenoxy) is 1. The second-order valence-corrected chi connectivity index (χ2v) is 3.54. The van der Waals surface area contributed by atoms with Crippen molar-refractivity contribution in [2.75, 3.05) is 25.1 Å². The van der Waals surface area contributed by atoms with Crippen molar-refractivity contribution in [1.29, 1.82) is 0 Å². The summed E-state index contributed by atoms with van der Waals surface area (Å²) in [5.74, 6) is -0.336. The van der Waals surface area contributed by atoms with Crippen molar-refractivity contribution in [2.45, 2.75) is 13.8 Å². The van der Waals surface area contributed by atoms with Crippen LogP contribution in [0, 0.1) is 12.7 Å². The molecule has 1 aromatic carbocycles. The third-order valence-electron chi connectivity index (χ3n) is 2.17. The monoisotopic (exact) mass is 240 g/mol. The molecule has 0 saturated carbocycles. The minimum absolute atomic E-state index is 0.336. The van der Waals surface area contributed by atoms with Gasteiger partial charge in [0, 0.05) is 18.8 Å². The largest absolute Gasteiger partial charge is 0.380 e. The summed E-state index contributed by atoms with van der Waals surface area (Å²) < 4.78 is 18.3. The Kier molecular flexibility index (Phi) is 5.42. The van der Waals surface area contributed by atoms with Gasteiger partial charge in [0.2, 0.25) is 0 Å². The molecule has 0 atom stereocenters. The number of anilines is 1. The molecule has 0 heterocycles. The molecule has 0 aliphatic heterocycles. The summed E-state index contributed by atoms with van der Waals surface area (Å²) in [5, 5.41) is 5.14. The fraction of sp³-hybridized carbons (Fsp3) is 0.417. The Morgan fingerprint density at radius 1 is 1.47 bits per heavy atom. The van der Waals surface area contributed by atoms with Crippen LogP contribution in [0.2, 0.25) is 0 Å². The second-order valence-electron chi connectivity index (χ2n) is 3.54. The molecular weight excluding hydrogens is 223 g/mol. The molecule has 2 amide bonds. The first-order valence-corrected chi connectivity index (χ1v) is 5.52. The van der Waals surface area contributed by atoms with Gasteiger partial charge in [-0.2, -0.15) is 0 Å². The minimum atomic E-state index is -0.368. The van der Waals surface area contributed by atoms with E-state index in [0.717, 1.165) is 0 Å². The number of amides is 2. The van der Waals surface area contributed by atoms with Gasteiger partial charge in [-0.05, 0) is 31.5 Å². The Bertz CT molecular complexity index is 383. The molecule has 0 bridgehead atoms. The van der Waals surface area contributed by atoms with E-state index in [0.29, 0.717) is 31.0 Å². The lowest BCUT2D eigenvalue weighted by Gasteiger charge is -2.08. The first-order valence-electron chi connectivity index (χ1n) is 5.52. The molecule has 17 heavy (non-hydrogen) atoms. The maximum absolute atomic E-state index is 13.2. The number of benzene rings is 1. The Balaban J connectivity index is 2.37. The molecule has 5 heteroatoms. The van der Waals surface area contributed by atoms with Crippen molar-refractivity contribution in [1.82, 2.24) is 5.32 Å². The molecule has 1 aromatic rings. The van der Waals surface area contributed by atoms with Crippen molar-refractivity contribution in [3.05, 3.63) is 29.6 Å². The summed E-state index contributed by atoms with van der Waals surface area (Å²) in [5.41, 5.74) is 0.981. The van der Waals surface area contributed by atoms with Gasteiger partial charge in [0.1, 0.15) is 5.82 Å². The lowest BCUT2D eigenvalue weighted by molar-refractivity contribution is 0.150. The lowest BCUT2D eigenvalue weighted by Crippen LogP contribution is -2.31. The van der Waals surface area contributed by atoms with E-state index in [1.54, 1.807) is 19.1 Å². The van der Waals surface area contributed by atoms with E-state index in [1.807, 2.05) is 6.92 Å². The Morgan fingerprint density at radius 2 is 2.24 bits per heavy atom. The Hall–Kier alpha value is -1.62. The van der Waals surface area contributed by atoms with Crippen LogP contribution in [0.25, 0.3) is 0 Å². The van der Waals surface area contributed by atoms with Gasteiger partial charge in [-0.15, -0.1) is 0 Å². The van der Waals surface area contributed by atoms with Crippen molar-refractivity contribution >= 4 is 11.7 Å². The molecule has 0 spiro atoms. The molecule has 94 valence electrons. The van der Waals surface area contributed by atoms with Crippen LogP contribution in [0.4, 0.5) is 14.9 Å². The second kappa shape index (κ2) is 6.85. The van der Waals surface area contributed by atoms with Gasteiger partial charge < -0.3 is 15.4 Å². The van der Waals surface area contributed by atoms with Crippen LogP contribution in [0.15, 0.2) is 18.2 Å². The van der Waals surface area contributed by atoms with Crippen LogP contribution in [-0.2, 0) is 4.74 Å². The molecule has 0 saturated heterocycles.